The molecule has 0 N–H and O–H groups in total. The van der Waals surface area contributed by atoms with E-state index in [1.807, 2.05) is 0 Å². The molecule has 102 valence electrons. The van der Waals surface area contributed by atoms with Crippen molar-refractivity contribution in [3.05, 3.63) is 34.9 Å². The molecule has 0 heterocycles. The Morgan fingerprint density at radius 1 is 1.00 bits per heavy atom. The molecule has 0 saturated carbocycles. The first kappa shape index (κ1) is 15.2. The van der Waals surface area contributed by atoms with Gasteiger partial charge in [0.15, 0.2) is 0 Å². The Kier molecular flexibility index (Phi) is 5.87. The minimum Gasteiger partial charge on any atom is -0.305 e. The van der Waals surface area contributed by atoms with Crippen LogP contribution in [-0.2, 0) is 6.54 Å². The van der Waals surface area contributed by atoms with E-state index in [1.165, 1.54) is 29.5 Å². The topological polar surface area (TPSA) is 3.24 Å². The monoisotopic (exact) mass is 247 g/mol. The van der Waals surface area contributed by atoms with Crippen LogP contribution in [0, 0.1) is 0 Å². The van der Waals surface area contributed by atoms with Crippen molar-refractivity contribution in [1.29, 1.82) is 0 Å². The third-order valence-electron chi connectivity index (χ3n) is 3.98. The lowest BCUT2D eigenvalue weighted by Crippen LogP contribution is -2.13. The summed E-state index contributed by atoms with van der Waals surface area (Å²) in [6.07, 6.45) is 2.42. The molecule has 0 saturated heterocycles. The number of hydrogen-bond donors (Lipinski definition) is 0. The van der Waals surface area contributed by atoms with Crippen LogP contribution in [0.15, 0.2) is 18.2 Å². The maximum absolute atomic E-state index is 2.43. The molecular weight excluding hydrogens is 218 g/mol. The Bertz CT molecular complexity index is 368. The summed E-state index contributed by atoms with van der Waals surface area (Å²) < 4.78 is 0. The summed E-state index contributed by atoms with van der Waals surface area (Å²) in [5, 5.41) is 0. The molecule has 1 rings (SSSR count). The van der Waals surface area contributed by atoms with E-state index in [9.17, 15) is 0 Å². The van der Waals surface area contributed by atoms with E-state index >= 15 is 0 Å². The van der Waals surface area contributed by atoms with Crippen LogP contribution in [0.4, 0.5) is 0 Å². The maximum Gasteiger partial charge on any atom is 0.0230 e. The summed E-state index contributed by atoms with van der Waals surface area (Å²) in [6, 6.07) is 7.11. The van der Waals surface area contributed by atoms with Gasteiger partial charge in [0, 0.05) is 6.54 Å². The van der Waals surface area contributed by atoms with Crippen molar-refractivity contribution in [2.75, 3.05) is 14.1 Å². The van der Waals surface area contributed by atoms with Gasteiger partial charge in [0.1, 0.15) is 0 Å². The molecule has 0 fully saturated rings. The predicted octanol–water partition coefficient (Wildman–Crippen LogP) is 4.78. The fourth-order valence-electron chi connectivity index (χ4n) is 2.35. The van der Waals surface area contributed by atoms with Crippen LogP contribution in [0.1, 0.15) is 69.1 Å². The summed E-state index contributed by atoms with van der Waals surface area (Å²) in [5.41, 5.74) is 4.52. The van der Waals surface area contributed by atoms with Crippen molar-refractivity contribution >= 4 is 0 Å². The highest BCUT2D eigenvalue weighted by molar-refractivity contribution is 5.35. The normalized spacial score (nSPS) is 14.8. The summed E-state index contributed by atoms with van der Waals surface area (Å²) >= 11 is 0. The van der Waals surface area contributed by atoms with Crippen molar-refractivity contribution < 1.29 is 0 Å². The highest BCUT2D eigenvalue weighted by Crippen LogP contribution is 2.28. The number of benzene rings is 1. The lowest BCUT2D eigenvalue weighted by atomic mass is 9.89. The molecule has 0 aromatic heterocycles. The Hall–Kier alpha value is -0.820. The standard InChI is InChI=1S/C17H29N/c1-7-13(3)15-9-10-17(14(4)8-2)16(11-15)12-18(5)6/h9-11,13-14H,7-8,12H2,1-6H3. The molecule has 2 atom stereocenters. The van der Waals surface area contributed by atoms with Crippen molar-refractivity contribution in [3.8, 4) is 0 Å². The zero-order valence-corrected chi connectivity index (χ0v) is 13.0. The van der Waals surface area contributed by atoms with Crippen LogP contribution < -0.4 is 0 Å². The maximum atomic E-state index is 2.43. The summed E-state index contributed by atoms with van der Waals surface area (Å²) in [5.74, 6) is 1.32. The van der Waals surface area contributed by atoms with Gasteiger partial charge >= 0.3 is 0 Å². The zero-order chi connectivity index (χ0) is 13.7. The summed E-state index contributed by atoms with van der Waals surface area (Å²) in [7, 11) is 4.30. The molecule has 0 aliphatic rings. The van der Waals surface area contributed by atoms with Crippen LogP contribution in [0.3, 0.4) is 0 Å². The van der Waals surface area contributed by atoms with Crippen molar-refractivity contribution in [2.45, 2.75) is 58.9 Å². The second-order valence-electron chi connectivity index (χ2n) is 5.81. The van der Waals surface area contributed by atoms with Gasteiger partial charge in [-0.15, -0.1) is 0 Å². The molecule has 1 aromatic carbocycles. The van der Waals surface area contributed by atoms with Gasteiger partial charge < -0.3 is 4.90 Å². The third-order valence-corrected chi connectivity index (χ3v) is 3.98. The summed E-state index contributed by atoms with van der Waals surface area (Å²) in [6.45, 7) is 10.2. The van der Waals surface area contributed by atoms with E-state index in [0.29, 0.717) is 11.8 Å². The Morgan fingerprint density at radius 3 is 2.11 bits per heavy atom. The number of hydrogen-bond acceptors (Lipinski definition) is 1. The van der Waals surface area contributed by atoms with E-state index < -0.39 is 0 Å². The molecule has 2 unspecified atom stereocenters. The van der Waals surface area contributed by atoms with Gasteiger partial charge in [-0.1, -0.05) is 45.9 Å². The quantitative estimate of drug-likeness (QED) is 0.699. The van der Waals surface area contributed by atoms with Gasteiger partial charge in [0.05, 0.1) is 0 Å². The lowest BCUT2D eigenvalue weighted by molar-refractivity contribution is 0.399. The Morgan fingerprint density at radius 2 is 1.61 bits per heavy atom. The van der Waals surface area contributed by atoms with Crippen molar-refractivity contribution in [3.63, 3.8) is 0 Å². The van der Waals surface area contributed by atoms with E-state index in [4.69, 9.17) is 0 Å². The summed E-state index contributed by atoms with van der Waals surface area (Å²) in [4.78, 5) is 2.27. The zero-order valence-electron chi connectivity index (χ0n) is 13.0. The molecule has 0 bridgehead atoms. The molecule has 0 amide bonds. The molecule has 0 aliphatic heterocycles. The van der Waals surface area contributed by atoms with E-state index in [-0.39, 0.29) is 0 Å². The van der Waals surface area contributed by atoms with Gasteiger partial charge in [0.25, 0.3) is 0 Å². The van der Waals surface area contributed by atoms with E-state index in [2.05, 4.69) is 64.9 Å². The van der Waals surface area contributed by atoms with E-state index in [1.54, 1.807) is 0 Å². The minimum absolute atomic E-state index is 0.658. The molecule has 1 aromatic rings. The van der Waals surface area contributed by atoms with Crippen LogP contribution in [0.25, 0.3) is 0 Å². The van der Waals surface area contributed by atoms with Crippen molar-refractivity contribution in [1.82, 2.24) is 4.90 Å². The minimum atomic E-state index is 0.658. The van der Waals surface area contributed by atoms with Gasteiger partial charge in [-0.25, -0.2) is 0 Å². The van der Waals surface area contributed by atoms with Crippen molar-refractivity contribution in [2.24, 2.45) is 0 Å². The molecule has 0 radical (unpaired) electrons. The average molecular weight is 247 g/mol. The van der Waals surface area contributed by atoms with Gasteiger partial charge in [-0.3, -0.25) is 0 Å². The van der Waals surface area contributed by atoms with Gasteiger partial charge in [-0.2, -0.15) is 0 Å². The first-order chi connectivity index (χ1) is 8.49. The smallest absolute Gasteiger partial charge is 0.0230 e. The second-order valence-corrected chi connectivity index (χ2v) is 5.81. The van der Waals surface area contributed by atoms with Crippen LogP contribution in [0.5, 0.6) is 0 Å². The van der Waals surface area contributed by atoms with Gasteiger partial charge in [0.2, 0.25) is 0 Å². The van der Waals surface area contributed by atoms with Crippen LogP contribution >= 0.6 is 0 Å². The number of rotatable bonds is 6. The SMILES string of the molecule is CCC(C)c1ccc(C(C)CC)c(CN(C)C)c1. The highest BCUT2D eigenvalue weighted by atomic mass is 15.0. The predicted molar refractivity (Wildman–Crippen MR) is 81.2 cm³/mol. The molecule has 1 nitrogen and oxygen atoms in total. The van der Waals surface area contributed by atoms with E-state index in [0.717, 1.165) is 6.54 Å². The first-order valence-corrected chi connectivity index (χ1v) is 7.27. The molecule has 18 heavy (non-hydrogen) atoms. The second kappa shape index (κ2) is 6.94. The average Bonchev–Trinajstić information content (AvgIpc) is 2.36. The fraction of sp³-hybridized carbons (Fsp3) is 0.647. The molecule has 1 heteroatoms. The lowest BCUT2D eigenvalue weighted by Gasteiger charge is -2.21. The van der Waals surface area contributed by atoms with Crippen LogP contribution in [-0.4, -0.2) is 19.0 Å². The van der Waals surface area contributed by atoms with Crippen LogP contribution in [0.2, 0.25) is 0 Å². The third kappa shape index (κ3) is 3.84. The Labute approximate surface area is 113 Å². The fourth-order valence-corrected chi connectivity index (χ4v) is 2.35. The molecular formula is C17H29N. The molecule has 0 aliphatic carbocycles. The Balaban J connectivity index is 3.11. The highest BCUT2D eigenvalue weighted by Gasteiger charge is 2.12. The molecule has 0 spiro atoms. The largest absolute Gasteiger partial charge is 0.305 e. The van der Waals surface area contributed by atoms with Gasteiger partial charge in [-0.05, 0) is 55.5 Å². The first-order valence-electron chi connectivity index (χ1n) is 7.27. The number of nitrogens with zero attached hydrogens (tertiary/aromatic N) is 1.